The van der Waals surface area contributed by atoms with Crippen LogP contribution in [0.3, 0.4) is 0 Å². The first-order valence-corrected chi connectivity index (χ1v) is 12.7. The third-order valence-corrected chi connectivity index (χ3v) is 8.32. The van der Waals surface area contributed by atoms with Gasteiger partial charge in [0, 0.05) is 23.7 Å². The molecule has 0 bridgehead atoms. The van der Waals surface area contributed by atoms with Crippen molar-refractivity contribution >= 4 is 79.7 Å². The van der Waals surface area contributed by atoms with E-state index in [2.05, 4.69) is 26.6 Å². The number of rotatable bonds is 5. The standard InChI is InChI=1S/C20H19BrClN3O4S2/c21-16-4-3-15(31-16)18(27)24-20(10-30-11-20)19(28)23-12-1-2-14(13(22)9-12)25-6-8-29-7-5-17(25)26/h1-4,9H,5-8,10-11H2,(H,23,28)(H,24,27). The van der Waals surface area contributed by atoms with Crippen LogP contribution in [0, 0.1) is 0 Å². The smallest absolute Gasteiger partial charge is 0.262 e. The van der Waals surface area contributed by atoms with Crippen LogP contribution in [0.1, 0.15) is 16.1 Å². The van der Waals surface area contributed by atoms with Gasteiger partial charge in [0.2, 0.25) is 5.91 Å². The minimum Gasteiger partial charge on any atom is -0.379 e. The van der Waals surface area contributed by atoms with E-state index in [-0.39, 0.29) is 17.7 Å². The Kier molecular flexibility index (Phi) is 6.92. The van der Waals surface area contributed by atoms with Gasteiger partial charge in [-0.25, -0.2) is 0 Å². The Balaban J connectivity index is 1.46. The van der Waals surface area contributed by atoms with Gasteiger partial charge in [-0.2, -0.15) is 11.8 Å². The Labute approximate surface area is 201 Å². The van der Waals surface area contributed by atoms with E-state index in [1.165, 1.54) is 11.3 Å². The fourth-order valence-electron chi connectivity index (χ4n) is 3.27. The van der Waals surface area contributed by atoms with Gasteiger partial charge in [-0.1, -0.05) is 11.6 Å². The summed E-state index contributed by atoms with van der Waals surface area (Å²) in [5.74, 6) is 0.362. The zero-order chi connectivity index (χ0) is 22.0. The van der Waals surface area contributed by atoms with Crippen molar-refractivity contribution in [2.45, 2.75) is 12.0 Å². The molecule has 1 aromatic heterocycles. The van der Waals surface area contributed by atoms with E-state index < -0.39 is 5.54 Å². The van der Waals surface area contributed by atoms with Crippen molar-refractivity contribution in [3.8, 4) is 0 Å². The molecule has 0 unspecified atom stereocenters. The van der Waals surface area contributed by atoms with Gasteiger partial charge in [0.1, 0.15) is 5.54 Å². The molecule has 2 fully saturated rings. The molecule has 2 aliphatic heterocycles. The van der Waals surface area contributed by atoms with Crippen molar-refractivity contribution < 1.29 is 19.1 Å². The van der Waals surface area contributed by atoms with Gasteiger partial charge >= 0.3 is 0 Å². The summed E-state index contributed by atoms with van der Waals surface area (Å²) in [7, 11) is 0. The van der Waals surface area contributed by atoms with Crippen molar-refractivity contribution in [1.82, 2.24) is 5.32 Å². The summed E-state index contributed by atoms with van der Waals surface area (Å²) in [6.07, 6.45) is 0.301. The number of amides is 3. The van der Waals surface area contributed by atoms with Crippen molar-refractivity contribution in [2.24, 2.45) is 0 Å². The van der Waals surface area contributed by atoms with E-state index in [1.807, 2.05) is 0 Å². The number of halogens is 2. The van der Waals surface area contributed by atoms with Crippen molar-refractivity contribution in [1.29, 1.82) is 0 Å². The Morgan fingerprint density at radius 2 is 2.00 bits per heavy atom. The number of carbonyl (C=O) groups excluding carboxylic acids is 3. The van der Waals surface area contributed by atoms with E-state index in [0.29, 0.717) is 59.0 Å². The lowest BCUT2D eigenvalue weighted by Crippen LogP contribution is -2.65. The molecule has 7 nitrogen and oxygen atoms in total. The second kappa shape index (κ2) is 9.50. The monoisotopic (exact) mass is 543 g/mol. The summed E-state index contributed by atoms with van der Waals surface area (Å²) < 4.78 is 6.20. The first kappa shape index (κ1) is 22.6. The Bertz CT molecular complexity index is 1030. The third-order valence-electron chi connectivity index (χ3n) is 5.00. The Hall–Kier alpha value is -1.59. The lowest BCUT2D eigenvalue weighted by Gasteiger charge is -2.40. The SMILES string of the molecule is O=C(NC1(C(=O)Nc2ccc(N3CCOCCC3=O)c(Cl)c2)CSC1)c1ccc(Br)s1. The van der Waals surface area contributed by atoms with Crippen molar-refractivity contribution in [3.63, 3.8) is 0 Å². The molecule has 3 heterocycles. The van der Waals surface area contributed by atoms with Crippen LogP contribution in [-0.4, -0.2) is 54.5 Å². The maximum atomic E-state index is 13.0. The molecule has 164 valence electrons. The highest BCUT2D eigenvalue weighted by Gasteiger charge is 2.46. The van der Waals surface area contributed by atoms with Gasteiger partial charge < -0.3 is 20.3 Å². The Morgan fingerprint density at radius 1 is 1.19 bits per heavy atom. The predicted molar refractivity (Wildman–Crippen MR) is 127 cm³/mol. The molecule has 2 saturated heterocycles. The predicted octanol–water partition coefficient (Wildman–Crippen LogP) is 3.77. The van der Waals surface area contributed by atoms with Gasteiger partial charge in [0.25, 0.3) is 11.8 Å². The topological polar surface area (TPSA) is 87.7 Å². The van der Waals surface area contributed by atoms with Crippen LogP contribution in [0.2, 0.25) is 5.02 Å². The second-order valence-electron chi connectivity index (χ2n) is 7.16. The molecule has 2 N–H and O–H groups in total. The highest BCUT2D eigenvalue weighted by molar-refractivity contribution is 9.11. The van der Waals surface area contributed by atoms with E-state index in [4.69, 9.17) is 16.3 Å². The number of hydrogen-bond donors (Lipinski definition) is 2. The molecule has 31 heavy (non-hydrogen) atoms. The third kappa shape index (κ3) is 4.93. The Morgan fingerprint density at radius 3 is 2.65 bits per heavy atom. The molecule has 11 heteroatoms. The molecule has 2 aromatic rings. The van der Waals surface area contributed by atoms with Crippen LogP contribution in [0.25, 0.3) is 0 Å². The first-order chi connectivity index (χ1) is 14.9. The minimum absolute atomic E-state index is 0.0513. The minimum atomic E-state index is -0.971. The normalized spacial score (nSPS) is 18.1. The second-order valence-corrected chi connectivity index (χ2v) is 11.0. The number of thioether (sulfide) groups is 1. The fraction of sp³-hybridized carbons (Fsp3) is 0.350. The number of nitrogens with one attached hydrogen (secondary N) is 2. The van der Waals surface area contributed by atoms with E-state index in [1.54, 1.807) is 47.0 Å². The number of thiophene rings is 1. The highest BCUT2D eigenvalue weighted by Crippen LogP contribution is 2.34. The van der Waals surface area contributed by atoms with Crippen molar-refractivity contribution in [2.75, 3.05) is 41.5 Å². The van der Waals surface area contributed by atoms with Crippen LogP contribution in [-0.2, 0) is 14.3 Å². The molecule has 0 spiro atoms. The van der Waals surface area contributed by atoms with Gasteiger partial charge in [0.05, 0.1) is 39.0 Å². The number of nitrogens with zero attached hydrogens (tertiary/aromatic N) is 1. The average Bonchev–Trinajstić information content (AvgIpc) is 3.03. The lowest BCUT2D eigenvalue weighted by molar-refractivity contribution is -0.121. The molecule has 0 radical (unpaired) electrons. The lowest BCUT2D eigenvalue weighted by atomic mass is 10.0. The van der Waals surface area contributed by atoms with E-state index >= 15 is 0 Å². The summed E-state index contributed by atoms with van der Waals surface area (Å²) in [5, 5.41) is 6.10. The summed E-state index contributed by atoms with van der Waals surface area (Å²) >= 11 is 12.7. The van der Waals surface area contributed by atoms with Crippen LogP contribution in [0.4, 0.5) is 11.4 Å². The highest BCUT2D eigenvalue weighted by atomic mass is 79.9. The molecule has 0 atom stereocenters. The van der Waals surface area contributed by atoms with Crippen LogP contribution in [0.15, 0.2) is 34.1 Å². The first-order valence-electron chi connectivity index (χ1n) is 9.53. The number of carbonyl (C=O) groups is 3. The van der Waals surface area contributed by atoms with Gasteiger partial charge in [0.15, 0.2) is 0 Å². The molecular weight excluding hydrogens is 526 g/mol. The van der Waals surface area contributed by atoms with Gasteiger partial charge in [-0.05, 0) is 46.3 Å². The molecule has 4 rings (SSSR count). The molecular formula is C20H19BrClN3O4S2. The summed E-state index contributed by atoms with van der Waals surface area (Å²) in [4.78, 5) is 40.0. The maximum absolute atomic E-state index is 13.0. The molecule has 1 aromatic carbocycles. The maximum Gasteiger partial charge on any atom is 0.262 e. The van der Waals surface area contributed by atoms with Crippen LogP contribution in [0.5, 0.6) is 0 Å². The van der Waals surface area contributed by atoms with E-state index in [0.717, 1.165) is 3.79 Å². The van der Waals surface area contributed by atoms with Gasteiger partial charge in [-0.3, -0.25) is 14.4 Å². The summed E-state index contributed by atoms with van der Waals surface area (Å²) in [5.41, 5.74) is 0.115. The fourth-order valence-corrected chi connectivity index (χ4v) is 5.85. The summed E-state index contributed by atoms with van der Waals surface area (Å²) in [6.45, 7) is 1.27. The van der Waals surface area contributed by atoms with Crippen molar-refractivity contribution in [3.05, 3.63) is 44.0 Å². The zero-order valence-electron chi connectivity index (χ0n) is 16.3. The number of anilines is 2. The quantitative estimate of drug-likeness (QED) is 0.598. The largest absolute Gasteiger partial charge is 0.379 e. The average molecular weight is 545 g/mol. The number of benzene rings is 1. The summed E-state index contributed by atoms with van der Waals surface area (Å²) in [6, 6.07) is 8.55. The number of hydrogen-bond acceptors (Lipinski definition) is 6. The van der Waals surface area contributed by atoms with Crippen LogP contribution >= 0.6 is 50.6 Å². The molecule has 3 amide bonds. The van der Waals surface area contributed by atoms with Gasteiger partial charge in [-0.15, -0.1) is 11.3 Å². The molecule has 0 saturated carbocycles. The molecule has 2 aliphatic rings. The van der Waals surface area contributed by atoms with E-state index in [9.17, 15) is 14.4 Å². The zero-order valence-corrected chi connectivity index (χ0v) is 20.3. The molecule has 0 aliphatic carbocycles. The van der Waals surface area contributed by atoms with Crippen LogP contribution < -0.4 is 15.5 Å². The number of ether oxygens (including phenoxy) is 1.